The van der Waals surface area contributed by atoms with Crippen LogP contribution in [-0.4, -0.2) is 25.8 Å². The van der Waals surface area contributed by atoms with Crippen LogP contribution in [0.15, 0.2) is 23.1 Å². The van der Waals surface area contributed by atoms with E-state index in [9.17, 15) is 8.42 Å². The number of nitrogens with zero attached hydrogens (tertiary/aromatic N) is 1. The highest BCUT2D eigenvalue weighted by Crippen LogP contribution is 2.27. The Hall–Kier alpha value is -1.07. The number of nitrogens with two attached hydrogens (primary N) is 1. The van der Waals surface area contributed by atoms with Gasteiger partial charge in [0, 0.05) is 18.8 Å². The summed E-state index contributed by atoms with van der Waals surface area (Å²) >= 11 is 0. The largest absolute Gasteiger partial charge is 0.398 e. The molecule has 0 unspecified atom stereocenters. The molecule has 4 nitrogen and oxygen atoms in total. The summed E-state index contributed by atoms with van der Waals surface area (Å²) in [5, 5.41) is 0. The van der Waals surface area contributed by atoms with E-state index in [0.717, 1.165) is 37.7 Å². The van der Waals surface area contributed by atoms with Crippen molar-refractivity contribution in [3.8, 4) is 0 Å². The second kappa shape index (κ2) is 6.14. The maximum absolute atomic E-state index is 12.7. The molecule has 0 aromatic heterocycles. The standard InChI is InChI=1S/C15H24N2O2S/c1-3-12-9-10-14(11-15(12)16)20(18,19)17(2)13-7-5-4-6-8-13/h9-11,13H,3-8,16H2,1-2H3. The van der Waals surface area contributed by atoms with E-state index in [1.165, 1.54) is 10.7 Å². The van der Waals surface area contributed by atoms with E-state index in [2.05, 4.69) is 0 Å². The van der Waals surface area contributed by atoms with Crippen LogP contribution in [0, 0.1) is 0 Å². The number of rotatable bonds is 4. The molecule has 0 aliphatic heterocycles. The summed E-state index contributed by atoms with van der Waals surface area (Å²) < 4.78 is 26.8. The van der Waals surface area contributed by atoms with Crippen LogP contribution in [-0.2, 0) is 16.4 Å². The molecule has 0 saturated heterocycles. The molecule has 2 N–H and O–H groups in total. The van der Waals surface area contributed by atoms with Crippen molar-refractivity contribution in [3.63, 3.8) is 0 Å². The lowest BCUT2D eigenvalue weighted by molar-refractivity contribution is 0.286. The Labute approximate surface area is 122 Å². The van der Waals surface area contributed by atoms with Crippen LogP contribution in [0.25, 0.3) is 0 Å². The maximum Gasteiger partial charge on any atom is 0.243 e. The molecule has 1 fully saturated rings. The van der Waals surface area contributed by atoms with Gasteiger partial charge in [-0.05, 0) is 37.0 Å². The molecule has 0 atom stereocenters. The van der Waals surface area contributed by atoms with Gasteiger partial charge in [-0.15, -0.1) is 0 Å². The Morgan fingerprint density at radius 2 is 1.90 bits per heavy atom. The summed E-state index contributed by atoms with van der Waals surface area (Å²) in [6, 6.07) is 5.20. The lowest BCUT2D eigenvalue weighted by Crippen LogP contribution is -2.38. The van der Waals surface area contributed by atoms with Crippen LogP contribution in [0.1, 0.15) is 44.6 Å². The average Bonchev–Trinajstić information content (AvgIpc) is 2.47. The molecule has 0 heterocycles. The Morgan fingerprint density at radius 3 is 2.45 bits per heavy atom. The topological polar surface area (TPSA) is 63.4 Å². The third-order valence-electron chi connectivity index (χ3n) is 4.26. The van der Waals surface area contributed by atoms with E-state index in [0.29, 0.717) is 10.6 Å². The summed E-state index contributed by atoms with van der Waals surface area (Å²) in [6.45, 7) is 2.01. The van der Waals surface area contributed by atoms with Gasteiger partial charge in [-0.1, -0.05) is 32.3 Å². The molecule has 0 radical (unpaired) electrons. The van der Waals surface area contributed by atoms with Crippen molar-refractivity contribution in [1.29, 1.82) is 0 Å². The fraction of sp³-hybridized carbons (Fsp3) is 0.600. The van der Waals surface area contributed by atoms with Crippen molar-refractivity contribution >= 4 is 15.7 Å². The summed E-state index contributed by atoms with van der Waals surface area (Å²) in [5.41, 5.74) is 7.48. The first-order valence-corrected chi connectivity index (χ1v) is 8.77. The van der Waals surface area contributed by atoms with Crippen molar-refractivity contribution in [2.45, 2.75) is 56.4 Å². The zero-order chi connectivity index (χ0) is 14.8. The van der Waals surface area contributed by atoms with Crippen LogP contribution >= 0.6 is 0 Å². The third kappa shape index (κ3) is 2.99. The summed E-state index contributed by atoms with van der Waals surface area (Å²) in [6.07, 6.45) is 6.16. The predicted molar refractivity (Wildman–Crippen MR) is 82.1 cm³/mol. The second-order valence-corrected chi connectivity index (χ2v) is 7.52. The van der Waals surface area contributed by atoms with Gasteiger partial charge in [0.05, 0.1) is 4.90 Å². The lowest BCUT2D eigenvalue weighted by atomic mass is 9.96. The molecule has 112 valence electrons. The molecule has 1 aromatic carbocycles. The van der Waals surface area contributed by atoms with Gasteiger partial charge >= 0.3 is 0 Å². The first-order chi connectivity index (χ1) is 9.46. The molecule has 0 amide bonds. The van der Waals surface area contributed by atoms with Crippen LogP contribution < -0.4 is 5.73 Å². The number of hydrogen-bond acceptors (Lipinski definition) is 3. The highest BCUT2D eigenvalue weighted by Gasteiger charge is 2.29. The van der Waals surface area contributed by atoms with E-state index >= 15 is 0 Å². The molecule has 1 saturated carbocycles. The summed E-state index contributed by atoms with van der Waals surface area (Å²) in [4.78, 5) is 0.306. The highest BCUT2D eigenvalue weighted by molar-refractivity contribution is 7.89. The molecule has 2 rings (SSSR count). The van der Waals surface area contributed by atoms with Gasteiger partial charge in [-0.25, -0.2) is 8.42 Å². The third-order valence-corrected chi connectivity index (χ3v) is 6.17. The molecule has 1 aliphatic rings. The van der Waals surface area contributed by atoms with E-state index in [-0.39, 0.29) is 6.04 Å². The predicted octanol–water partition coefficient (Wildman–Crippen LogP) is 2.78. The van der Waals surface area contributed by atoms with E-state index in [4.69, 9.17) is 5.73 Å². The normalized spacial score (nSPS) is 17.6. The molecule has 5 heteroatoms. The SMILES string of the molecule is CCc1ccc(S(=O)(=O)N(C)C2CCCCC2)cc1N. The van der Waals surface area contributed by atoms with Gasteiger partial charge in [-0.3, -0.25) is 0 Å². The minimum atomic E-state index is -3.43. The average molecular weight is 296 g/mol. The number of aryl methyl sites for hydroxylation is 1. The van der Waals surface area contributed by atoms with Gasteiger partial charge in [0.1, 0.15) is 0 Å². The van der Waals surface area contributed by atoms with Gasteiger partial charge in [0.2, 0.25) is 10.0 Å². The van der Waals surface area contributed by atoms with Gasteiger partial charge in [0.15, 0.2) is 0 Å². The Balaban J connectivity index is 2.27. The highest BCUT2D eigenvalue weighted by atomic mass is 32.2. The number of sulfonamides is 1. The number of benzene rings is 1. The van der Waals surface area contributed by atoms with Crippen LogP contribution in [0.4, 0.5) is 5.69 Å². The van der Waals surface area contributed by atoms with Crippen LogP contribution in [0.3, 0.4) is 0 Å². The smallest absolute Gasteiger partial charge is 0.243 e. The Morgan fingerprint density at radius 1 is 1.25 bits per heavy atom. The minimum absolute atomic E-state index is 0.126. The van der Waals surface area contributed by atoms with Crippen LogP contribution in [0.5, 0.6) is 0 Å². The number of anilines is 1. The van der Waals surface area contributed by atoms with Gasteiger partial charge in [0.25, 0.3) is 0 Å². The van der Waals surface area contributed by atoms with Gasteiger partial charge < -0.3 is 5.73 Å². The minimum Gasteiger partial charge on any atom is -0.398 e. The van der Waals surface area contributed by atoms with Gasteiger partial charge in [-0.2, -0.15) is 4.31 Å². The van der Waals surface area contributed by atoms with Crippen LogP contribution in [0.2, 0.25) is 0 Å². The monoisotopic (exact) mass is 296 g/mol. The molecule has 1 aliphatic carbocycles. The van der Waals surface area contributed by atoms with Crippen molar-refractivity contribution in [2.75, 3.05) is 12.8 Å². The molecule has 20 heavy (non-hydrogen) atoms. The summed E-state index contributed by atoms with van der Waals surface area (Å²) in [5.74, 6) is 0. The summed E-state index contributed by atoms with van der Waals surface area (Å²) in [7, 11) is -1.74. The molecule has 0 spiro atoms. The fourth-order valence-electron chi connectivity index (χ4n) is 2.86. The Kier molecular flexibility index (Phi) is 4.70. The first kappa shape index (κ1) is 15.3. The second-order valence-electron chi connectivity index (χ2n) is 5.53. The molecule has 0 bridgehead atoms. The van der Waals surface area contributed by atoms with Crippen molar-refractivity contribution in [3.05, 3.63) is 23.8 Å². The number of nitrogen functional groups attached to an aromatic ring is 1. The quantitative estimate of drug-likeness (QED) is 0.869. The molecular formula is C15H24N2O2S. The molecule has 1 aromatic rings. The Bertz CT molecular complexity index is 563. The van der Waals surface area contributed by atoms with E-state index < -0.39 is 10.0 Å². The first-order valence-electron chi connectivity index (χ1n) is 7.33. The van der Waals surface area contributed by atoms with E-state index in [1.807, 2.05) is 13.0 Å². The van der Waals surface area contributed by atoms with Crippen molar-refractivity contribution in [2.24, 2.45) is 0 Å². The zero-order valence-electron chi connectivity index (χ0n) is 12.3. The van der Waals surface area contributed by atoms with Crippen molar-refractivity contribution in [1.82, 2.24) is 4.31 Å². The zero-order valence-corrected chi connectivity index (χ0v) is 13.1. The van der Waals surface area contributed by atoms with E-state index in [1.54, 1.807) is 19.2 Å². The maximum atomic E-state index is 12.7. The van der Waals surface area contributed by atoms with Crippen molar-refractivity contribution < 1.29 is 8.42 Å². The number of hydrogen-bond donors (Lipinski definition) is 1. The lowest BCUT2D eigenvalue weighted by Gasteiger charge is -2.30. The fourth-order valence-corrected chi connectivity index (χ4v) is 4.31. The molecular weight excluding hydrogens is 272 g/mol.